The second kappa shape index (κ2) is 7.12. The fraction of sp³-hybridized carbons (Fsp3) is 0.217. The number of epoxide rings is 1. The highest BCUT2D eigenvalue weighted by Crippen LogP contribution is 2.58. The largest absolute Gasteiger partial charge is 0.510 e. The average molecular weight is 389 g/mol. The van der Waals surface area contributed by atoms with Crippen molar-refractivity contribution in [1.82, 2.24) is 0 Å². The molecule has 0 spiro atoms. The van der Waals surface area contributed by atoms with Gasteiger partial charge in [0, 0.05) is 12.0 Å². The van der Waals surface area contributed by atoms with Crippen LogP contribution in [0.25, 0.3) is 10.8 Å². The minimum Gasteiger partial charge on any atom is -0.497 e. The Bertz CT molecular complexity index is 1110. The Morgan fingerprint density at radius 1 is 1.03 bits per heavy atom. The van der Waals surface area contributed by atoms with E-state index in [1.54, 1.807) is 19.2 Å². The molecule has 1 saturated heterocycles. The molecule has 6 nitrogen and oxygen atoms in total. The summed E-state index contributed by atoms with van der Waals surface area (Å²) in [5, 5.41) is 11.9. The molecule has 3 aromatic carbocycles. The van der Waals surface area contributed by atoms with Crippen molar-refractivity contribution in [2.75, 3.05) is 14.2 Å². The first-order chi connectivity index (χ1) is 14.1. The lowest BCUT2D eigenvalue weighted by Crippen LogP contribution is -2.31. The zero-order valence-corrected chi connectivity index (χ0v) is 16.0. The Labute approximate surface area is 168 Å². The van der Waals surface area contributed by atoms with Crippen LogP contribution >= 0.6 is 0 Å². The Morgan fingerprint density at radius 3 is 2.45 bits per heavy atom. The third-order valence-electron chi connectivity index (χ3n) is 5.11. The number of rotatable bonds is 5. The zero-order valence-electron chi connectivity index (χ0n) is 16.0. The molecule has 29 heavy (non-hydrogen) atoms. The van der Waals surface area contributed by atoms with Gasteiger partial charge in [-0.2, -0.15) is 5.26 Å². The molecule has 2 unspecified atom stereocenters. The molecule has 0 aromatic heterocycles. The van der Waals surface area contributed by atoms with Crippen molar-refractivity contribution in [2.45, 2.75) is 17.8 Å². The lowest BCUT2D eigenvalue weighted by atomic mass is 9.90. The van der Waals surface area contributed by atoms with Gasteiger partial charge in [-0.3, -0.25) is 0 Å². The van der Waals surface area contributed by atoms with Gasteiger partial charge in [-0.25, -0.2) is 4.79 Å². The Kier molecular flexibility index (Phi) is 4.61. The van der Waals surface area contributed by atoms with E-state index in [4.69, 9.17) is 14.2 Å². The average Bonchev–Trinajstić information content (AvgIpc) is 3.41. The van der Waals surface area contributed by atoms with Crippen molar-refractivity contribution >= 4 is 16.9 Å². The van der Waals surface area contributed by atoms with Gasteiger partial charge in [0.15, 0.2) is 0 Å². The smallest absolute Gasteiger partial charge is 0.497 e. The van der Waals surface area contributed by atoms with Gasteiger partial charge in [0.05, 0.1) is 14.2 Å². The molecular weight excluding hydrogens is 370 g/mol. The molecule has 0 N–H and O–H groups in total. The van der Waals surface area contributed by atoms with Crippen LogP contribution in [0, 0.1) is 11.3 Å². The minimum absolute atomic E-state index is 0.201. The quantitative estimate of drug-likeness (QED) is 0.477. The van der Waals surface area contributed by atoms with E-state index in [1.807, 2.05) is 54.6 Å². The van der Waals surface area contributed by atoms with Gasteiger partial charge in [-0.15, -0.1) is 0 Å². The maximum Gasteiger partial charge on any atom is 0.510 e. The number of benzene rings is 3. The van der Waals surface area contributed by atoms with Gasteiger partial charge in [0.2, 0.25) is 5.60 Å². The van der Waals surface area contributed by atoms with Crippen molar-refractivity contribution < 1.29 is 23.7 Å². The van der Waals surface area contributed by atoms with Crippen LogP contribution in [0.1, 0.15) is 11.1 Å². The highest BCUT2D eigenvalue weighted by Gasteiger charge is 2.76. The summed E-state index contributed by atoms with van der Waals surface area (Å²) < 4.78 is 21.3. The van der Waals surface area contributed by atoms with Crippen molar-refractivity contribution in [1.29, 1.82) is 5.26 Å². The first kappa shape index (κ1) is 18.8. The normalized spacial score (nSPS) is 22.5. The summed E-state index contributed by atoms with van der Waals surface area (Å²) >= 11 is 0. The fourth-order valence-corrected chi connectivity index (χ4v) is 3.59. The highest BCUT2D eigenvalue weighted by molar-refractivity contribution is 5.84. The number of ether oxygens (including phenoxy) is 4. The topological polar surface area (TPSA) is 81.1 Å². The first-order valence-corrected chi connectivity index (χ1v) is 9.06. The number of hydrogen-bond donors (Lipinski definition) is 0. The zero-order chi connectivity index (χ0) is 20.5. The summed E-state index contributed by atoms with van der Waals surface area (Å²) in [6.45, 7) is 0. The minimum atomic E-state index is -1.46. The molecule has 146 valence electrons. The second-order valence-electron chi connectivity index (χ2n) is 6.79. The summed E-state index contributed by atoms with van der Waals surface area (Å²) in [4.78, 5) is 11.9. The lowest BCUT2D eigenvalue weighted by Gasteiger charge is -2.16. The van der Waals surface area contributed by atoms with Gasteiger partial charge < -0.3 is 18.9 Å². The van der Waals surface area contributed by atoms with Crippen LogP contribution < -0.4 is 4.74 Å². The van der Waals surface area contributed by atoms with Crippen LogP contribution in [0.15, 0.2) is 66.7 Å². The molecule has 0 bridgehead atoms. The Hall–Kier alpha value is -3.56. The van der Waals surface area contributed by atoms with Gasteiger partial charge >= 0.3 is 6.16 Å². The standard InChI is InChI=1S/C23H19NO5/c1-26-20-11-10-17-12-16(8-9-18(17)13-20)14-23(28-21(25)27-2)22(15-24,29-23)19-6-4-3-5-7-19/h3-13H,14H2,1-2H3. The highest BCUT2D eigenvalue weighted by atomic mass is 16.9. The van der Waals surface area contributed by atoms with E-state index >= 15 is 0 Å². The molecule has 4 rings (SSSR count). The van der Waals surface area contributed by atoms with Crippen LogP contribution in [-0.4, -0.2) is 26.2 Å². The van der Waals surface area contributed by atoms with Crippen LogP contribution in [0.2, 0.25) is 0 Å². The maximum atomic E-state index is 11.9. The summed E-state index contributed by atoms with van der Waals surface area (Å²) in [6.07, 6.45) is -0.699. The summed E-state index contributed by atoms with van der Waals surface area (Å²) in [7, 11) is 2.84. The molecule has 0 saturated carbocycles. The second-order valence-corrected chi connectivity index (χ2v) is 6.79. The Balaban J connectivity index is 1.72. The van der Waals surface area contributed by atoms with Crippen molar-refractivity contribution in [2.24, 2.45) is 0 Å². The summed E-state index contributed by atoms with van der Waals surface area (Å²) in [5.41, 5.74) is 0.0914. The van der Waals surface area contributed by atoms with E-state index < -0.39 is 17.5 Å². The molecule has 0 aliphatic carbocycles. The van der Waals surface area contributed by atoms with Crippen LogP contribution in [0.4, 0.5) is 4.79 Å². The monoisotopic (exact) mass is 389 g/mol. The Morgan fingerprint density at radius 2 is 1.76 bits per heavy atom. The van der Waals surface area contributed by atoms with Gasteiger partial charge in [-0.1, -0.05) is 54.6 Å². The number of fused-ring (bicyclic) bond motifs is 1. The molecule has 1 heterocycles. The van der Waals surface area contributed by atoms with Gasteiger partial charge in [-0.05, 0) is 28.5 Å². The predicted octanol–water partition coefficient (Wildman–Crippen LogP) is 4.32. The molecule has 2 atom stereocenters. The van der Waals surface area contributed by atoms with E-state index in [2.05, 4.69) is 10.8 Å². The van der Waals surface area contributed by atoms with E-state index in [9.17, 15) is 10.1 Å². The maximum absolute atomic E-state index is 11.9. The van der Waals surface area contributed by atoms with Gasteiger partial charge in [0.25, 0.3) is 5.79 Å². The van der Waals surface area contributed by atoms with Crippen LogP contribution in [0.5, 0.6) is 5.75 Å². The van der Waals surface area contributed by atoms with E-state index in [0.717, 1.165) is 22.1 Å². The summed E-state index contributed by atoms with van der Waals surface area (Å²) in [5.74, 6) is -0.690. The number of nitrogens with zero attached hydrogens (tertiary/aromatic N) is 1. The molecule has 0 radical (unpaired) electrons. The van der Waals surface area contributed by atoms with Gasteiger partial charge in [0.1, 0.15) is 11.8 Å². The van der Waals surface area contributed by atoms with Crippen molar-refractivity contribution in [3.63, 3.8) is 0 Å². The number of methoxy groups -OCH3 is 2. The molecule has 1 fully saturated rings. The molecule has 3 aromatic rings. The number of carbonyl (C=O) groups excluding carboxylic acids is 1. The van der Waals surface area contributed by atoms with E-state index in [0.29, 0.717) is 5.56 Å². The van der Waals surface area contributed by atoms with Crippen LogP contribution in [0.3, 0.4) is 0 Å². The predicted molar refractivity (Wildman–Crippen MR) is 105 cm³/mol. The third-order valence-corrected chi connectivity index (χ3v) is 5.11. The molecule has 0 amide bonds. The third kappa shape index (κ3) is 3.16. The van der Waals surface area contributed by atoms with E-state index in [1.165, 1.54) is 7.11 Å². The molecule has 6 heteroatoms. The number of hydrogen-bond acceptors (Lipinski definition) is 6. The van der Waals surface area contributed by atoms with Crippen LogP contribution in [-0.2, 0) is 26.2 Å². The fourth-order valence-electron chi connectivity index (χ4n) is 3.59. The molecular formula is C23H19NO5. The van der Waals surface area contributed by atoms with Crippen molar-refractivity contribution in [3.8, 4) is 11.8 Å². The summed E-state index contributed by atoms with van der Waals surface area (Å²) in [6, 6.07) is 22.8. The molecule has 1 aliphatic heterocycles. The van der Waals surface area contributed by atoms with E-state index in [-0.39, 0.29) is 6.42 Å². The first-order valence-electron chi connectivity index (χ1n) is 9.06. The lowest BCUT2D eigenvalue weighted by molar-refractivity contribution is -0.0270. The number of nitriles is 1. The van der Waals surface area contributed by atoms with Crippen molar-refractivity contribution in [3.05, 3.63) is 77.9 Å². The SMILES string of the molecule is COC(=O)OC1(Cc2ccc3cc(OC)ccc3c2)OC1(C#N)c1ccccc1. The molecule has 1 aliphatic rings. The number of carbonyl (C=O) groups is 1.